The third kappa shape index (κ3) is 7.62. The van der Waals surface area contributed by atoms with Crippen LogP contribution < -0.4 is 0 Å². The van der Waals surface area contributed by atoms with Crippen LogP contribution in [0, 0.1) is 0 Å². The zero-order valence-corrected chi connectivity index (χ0v) is 8.59. The van der Waals surface area contributed by atoms with Gasteiger partial charge < -0.3 is 5.11 Å². The highest BCUT2D eigenvalue weighted by Crippen LogP contribution is 2.03. The van der Waals surface area contributed by atoms with Crippen LogP contribution in [0.3, 0.4) is 0 Å². The highest BCUT2D eigenvalue weighted by Gasteiger charge is 2.02. The molecule has 1 unspecified atom stereocenters. The molecule has 13 heavy (non-hydrogen) atoms. The Labute approximate surface area is 87.1 Å². The summed E-state index contributed by atoms with van der Waals surface area (Å²) in [4.78, 5) is 9.57. The molecule has 0 fully saturated rings. The normalized spacial score (nSPS) is 11.0. The van der Waals surface area contributed by atoms with Crippen molar-refractivity contribution in [1.82, 2.24) is 0 Å². The van der Waals surface area contributed by atoms with Crippen molar-refractivity contribution in [1.29, 1.82) is 0 Å². The molecule has 0 aliphatic carbocycles. The molecule has 72 valence electrons. The highest BCUT2D eigenvalue weighted by molar-refractivity contribution is 6.30. The Bertz CT molecular complexity index is 247. The summed E-state index contributed by atoms with van der Waals surface area (Å²) in [7, 11) is 0. The lowest BCUT2D eigenvalue weighted by Crippen LogP contribution is -2.06. The minimum absolute atomic E-state index is 0.759. The van der Waals surface area contributed by atoms with Gasteiger partial charge in [0.1, 0.15) is 5.38 Å². The largest absolute Gasteiger partial charge is 0.480 e. The van der Waals surface area contributed by atoms with Crippen molar-refractivity contribution in [2.45, 2.75) is 12.3 Å². The van der Waals surface area contributed by atoms with Crippen LogP contribution in [-0.4, -0.2) is 16.5 Å². The Kier molecular flexibility index (Phi) is 6.37. The fraction of sp³-hybridized carbons (Fsp3) is 0.222. The van der Waals surface area contributed by atoms with Crippen LogP contribution in [0.5, 0.6) is 0 Å². The number of aliphatic carboxylic acids is 1. The second kappa shape index (κ2) is 6.75. The standard InChI is InChI=1S/C6H5Cl.C3H5ClO2/c7-6-4-2-1-3-5-6;1-2(4)3(5)6/h1-5H;2H,1H3,(H,5,6). The van der Waals surface area contributed by atoms with Crippen LogP contribution in [0.4, 0.5) is 0 Å². The number of alkyl halides is 1. The van der Waals surface area contributed by atoms with E-state index < -0.39 is 11.3 Å². The Hall–Kier alpha value is -0.730. The summed E-state index contributed by atoms with van der Waals surface area (Å²) in [5.74, 6) is -0.975. The van der Waals surface area contributed by atoms with Gasteiger partial charge in [0.05, 0.1) is 0 Å². The van der Waals surface area contributed by atoms with Crippen molar-refractivity contribution in [3.8, 4) is 0 Å². The van der Waals surface area contributed by atoms with Crippen LogP contribution in [-0.2, 0) is 4.79 Å². The van der Waals surface area contributed by atoms with Gasteiger partial charge in [0.15, 0.2) is 0 Å². The van der Waals surface area contributed by atoms with Crippen LogP contribution in [0.1, 0.15) is 6.92 Å². The Morgan fingerprint density at radius 3 is 1.92 bits per heavy atom. The zero-order valence-electron chi connectivity index (χ0n) is 7.08. The summed E-state index contributed by atoms with van der Waals surface area (Å²) in [5, 5.41) is 7.89. The smallest absolute Gasteiger partial charge is 0.321 e. The number of carboxylic acid groups (broad SMARTS) is 1. The van der Waals surface area contributed by atoms with Crippen LogP contribution in [0.2, 0.25) is 5.02 Å². The monoisotopic (exact) mass is 220 g/mol. The van der Waals surface area contributed by atoms with E-state index in [4.69, 9.17) is 28.3 Å². The van der Waals surface area contributed by atoms with Gasteiger partial charge in [0, 0.05) is 5.02 Å². The summed E-state index contributed by atoms with van der Waals surface area (Å²) in [6.45, 7) is 1.41. The van der Waals surface area contributed by atoms with E-state index in [0.29, 0.717) is 0 Å². The number of rotatable bonds is 1. The van der Waals surface area contributed by atoms with E-state index in [0.717, 1.165) is 5.02 Å². The molecule has 0 aliphatic heterocycles. The van der Waals surface area contributed by atoms with Crippen molar-refractivity contribution >= 4 is 29.2 Å². The average molecular weight is 221 g/mol. The van der Waals surface area contributed by atoms with Gasteiger partial charge >= 0.3 is 5.97 Å². The SMILES string of the molecule is CC(Cl)C(=O)O.Clc1ccccc1. The van der Waals surface area contributed by atoms with E-state index in [-0.39, 0.29) is 0 Å². The molecule has 1 rings (SSSR count). The van der Waals surface area contributed by atoms with Gasteiger partial charge in [-0.3, -0.25) is 4.79 Å². The molecule has 1 N–H and O–H groups in total. The third-order valence-corrected chi connectivity index (χ3v) is 1.51. The lowest BCUT2D eigenvalue weighted by molar-refractivity contribution is -0.136. The summed E-state index contributed by atoms with van der Waals surface area (Å²) < 4.78 is 0. The van der Waals surface area contributed by atoms with Crippen molar-refractivity contribution in [3.63, 3.8) is 0 Å². The minimum Gasteiger partial charge on any atom is -0.480 e. The van der Waals surface area contributed by atoms with Gasteiger partial charge in [0.2, 0.25) is 0 Å². The van der Waals surface area contributed by atoms with Crippen LogP contribution >= 0.6 is 23.2 Å². The number of benzene rings is 1. The number of hydrogen-bond donors (Lipinski definition) is 1. The first kappa shape index (κ1) is 12.3. The fourth-order valence-corrected chi connectivity index (χ4v) is 0.560. The van der Waals surface area contributed by atoms with E-state index in [2.05, 4.69) is 0 Å². The summed E-state index contributed by atoms with van der Waals surface area (Å²) >= 11 is 10.6. The van der Waals surface area contributed by atoms with E-state index in [9.17, 15) is 4.79 Å². The van der Waals surface area contributed by atoms with Gasteiger partial charge in [-0.2, -0.15) is 0 Å². The molecule has 1 atom stereocenters. The lowest BCUT2D eigenvalue weighted by Gasteiger charge is -1.86. The van der Waals surface area contributed by atoms with E-state index in [1.165, 1.54) is 6.92 Å². The zero-order chi connectivity index (χ0) is 10.3. The molecule has 0 aromatic heterocycles. The van der Waals surface area contributed by atoms with E-state index >= 15 is 0 Å². The number of carbonyl (C=O) groups is 1. The Morgan fingerprint density at radius 1 is 1.38 bits per heavy atom. The Morgan fingerprint density at radius 2 is 1.77 bits per heavy atom. The molecule has 1 aromatic carbocycles. The molecule has 0 saturated carbocycles. The predicted molar refractivity (Wildman–Crippen MR) is 54.4 cm³/mol. The number of halogens is 2. The second-order valence-electron chi connectivity index (χ2n) is 2.25. The van der Waals surface area contributed by atoms with Gasteiger partial charge in [0.25, 0.3) is 0 Å². The van der Waals surface area contributed by atoms with E-state index in [1.807, 2.05) is 30.3 Å². The first-order valence-electron chi connectivity index (χ1n) is 3.61. The first-order valence-corrected chi connectivity index (χ1v) is 4.43. The molecule has 0 heterocycles. The van der Waals surface area contributed by atoms with Gasteiger partial charge in [-0.15, -0.1) is 11.6 Å². The third-order valence-electron chi connectivity index (χ3n) is 1.07. The van der Waals surface area contributed by atoms with Crippen molar-refractivity contribution in [3.05, 3.63) is 35.4 Å². The molecule has 2 nitrogen and oxygen atoms in total. The van der Waals surface area contributed by atoms with Crippen LogP contribution in [0.25, 0.3) is 0 Å². The first-order chi connectivity index (χ1) is 6.04. The Balaban J connectivity index is 0.000000226. The predicted octanol–water partition coefficient (Wildman–Crippen LogP) is 3.04. The molecule has 0 saturated heterocycles. The molecule has 0 amide bonds. The van der Waals surface area contributed by atoms with E-state index in [1.54, 1.807) is 0 Å². The maximum Gasteiger partial charge on any atom is 0.321 e. The van der Waals surface area contributed by atoms with Crippen molar-refractivity contribution in [2.75, 3.05) is 0 Å². The van der Waals surface area contributed by atoms with Gasteiger partial charge in [-0.05, 0) is 19.1 Å². The topological polar surface area (TPSA) is 37.3 Å². The second-order valence-corrected chi connectivity index (χ2v) is 3.34. The lowest BCUT2D eigenvalue weighted by atomic mass is 10.4. The highest BCUT2D eigenvalue weighted by atomic mass is 35.5. The summed E-state index contributed by atoms with van der Waals surface area (Å²) in [5.41, 5.74) is 0. The summed E-state index contributed by atoms with van der Waals surface area (Å²) in [6.07, 6.45) is 0. The molecule has 0 spiro atoms. The molecule has 0 radical (unpaired) electrons. The molecule has 1 aromatic rings. The maximum atomic E-state index is 9.57. The molecule has 0 bridgehead atoms. The molecule has 0 aliphatic rings. The van der Waals surface area contributed by atoms with Crippen LogP contribution in [0.15, 0.2) is 30.3 Å². The fourth-order valence-electron chi connectivity index (χ4n) is 0.415. The summed E-state index contributed by atoms with van der Waals surface area (Å²) in [6, 6.07) is 9.44. The number of hydrogen-bond acceptors (Lipinski definition) is 1. The van der Waals surface area contributed by atoms with Gasteiger partial charge in [-0.25, -0.2) is 0 Å². The maximum absolute atomic E-state index is 9.57. The van der Waals surface area contributed by atoms with Crippen molar-refractivity contribution in [2.24, 2.45) is 0 Å². The van der Waals surface area contributed by atoms with Crippen molar-refractivity contribution < 1.29 is 9.90 Å². The molecule has 4 heteroatoms. The number of carboxylic acids is 1. The quantitative estimate of drug-likeness (QED) is 0.740. The molecular weight excluding hydrogens is 211 g/mol. The van der Waals surface area contributed by atoms with Gasteiger partial charge in [-0.1, -0.05) is 29.8 Å². The molecular formula is C9H10Cl2O2. The minimum atomic E-state index is -0.975. The average Bonchev–Trinajstić information content (AvgIpc) is 2.06.